The zero-order valence-electron chi connectivity index (χ0n) is 9.45. The van der Waals surface area contributed by atoms with E-state index in [2.05, 4.69) is 17.4 Å². The Morgan fingerprint density at radius 1 is 1.06 bits per heavy atom. The van der Waals surface area contributed by atoms with Crippen LogP contribution in [0.5, 0.6) is 0 Å². The SMILES string of the molecule is Clc1ccc(C2CCC2CNC2CC2)cc1. The Kier molecular flexibility index (Phi) is 2.91. The van der Waals surface area contributed by atoms with Crippen molar-refractivity contribution in [1.29, 1.82) is 0 Å². The van der Waals surface area contributed by atoms with Crippen LogP contribution in [0.15, 0.2) is 24.3 Å². The van der Waals surface area contributed by atoms with Gasteiger partial charge in [-0.2, -0.15) is 0 Å². The van der Waals surface area contributed by atoms with Crippen molar-refractivity contribution in [2.24, 2.45) is 5.92 Å². The largest absolute Gasteiger partial charge is 0.314 e. The number of halogens is 1. The van der Waals surface area contributed by atoms with Crippen LogP contribution in [0.1, 0.15) is 37.2 Å². The van der Waals surface area contributed by atoms with E-state index in [1.165, 1.54) is 37.8 Å². The van der Waals surface area contributed by atoms with Gasteiger partial charge in [0.05, 0.1) is 0 Å². The van der Waals surface area contributed by atoms with Crippen molar-refractivity contribution in [1.82, 2.24) is 5.32 Å². The topological polar surface area (TPSA) is 12.0 Å². The molecule has 2 saturated carbocycles. The van der Waals surface area contributed by atoms with Gasteiger partial charge in [-0.25, -0.2) is 0 Å². The number of hydrogen-bond donors (Lipinski definition) is 1. The Balaban J connectivity index is 1.59. The molecule has 1 N–H and O–H groups in total. The monoisotopic (exact) mass is 235 g/mol. The Hall–Kier alpha value is -0.530. The Morgan fingerprint density at radius 3 is 2.38 bits per heavy atom. The molecule has 1 aromatic carbocycles. The van der Waals surface area contributed by atoms with Gasteiger partial charge in [-0.1, -0.05) is 23.7 Å². The first-order valence-corrected chi connectivity index (χ1v) is 6.69. The molecule has 16 heavy (non-hydrogen) atoms. The van der Waals surface area contributed by atoms with Crippen LogP contribution >= 0.6 is 11.6 Å². The van der Waals surface area contributed by atoms with Crippen molar-refractivity contribution in [3.05, 3.63) is 34.9 Å². The van der Waals surface area contributed by atoms with Gasteiger partial charge in [0.15, 0.2) is 0 Å². The smallest absolute Gasteiger partial charge is 0.0406 e. The van der Waals surface area contributed by atoms with Crippen LogP contribution in [-0.2, 0) is 0 Å². The highest BCUT2D eigenvalue weighted by atomic mass is 35.5. The van der Waals surface area contributed by atoms with Gasteiger partial charge >= 0.3 is 0 Å². The fourth-order valence-corrected chi connectivity index (χ4v) is 2.69. The number of benzene rings is 1. The van der Waals surface area contributed by atoms with Gasteiger partial charge in [0.25, 0.3) is 0 Å². The summed E-state index contributed by atoms with van der Waals surface area (Å²) in [7, 11) is 0. The molecule has 0 aliphatic heterocycles. The van der Waals surface area contributed by atoms with E-state index in [9.17, 15) is 0 Å². The highest BCUT2D eigenvalue weighted by Gasteiger charge is 2.33. The van der Waals surface area contributed by atoms with Crippen LogP contribution in [0.25, 0.3) is 0 Å². The van der Waals surface area contributed by atoms with Gasteiger partial charge < -0.3 is 5.32 Å². The van der Waals surface area contributed by atoms with Gasteiger partial charge in [0, 0.05) is 11.1 Å². The van der Waals surface area contributed by atoms with Crippen LogP contribution in [0.2, 0.25) is 5.02 Å². The third kappa shape index (κ3) is 2.26. The molecule has 2 fully saturated rings. The first-order chi connectivity index (χ1) is 7.83. The molecule has 2 aliphatic carbocycles. The second kappa shape index (κ2) is 4.38. The van der Waals surface area contributed by atoms with E-state index in [1.807, 2.05) is 12.1 Å². The van der Waals surface area contributed by atoms with E-state index in [-0.39, 0.29) is 0 Å². The maximum atomic E-state index is 5.91. The molecular weight excluding hydrogens is 218 g/mol. The predicted molar refractivity (Wildman–Crippen MR) is 67.9 cm³/mol. The molecule has 2 atom stereocenters. The Bertz CT molecular complexity index is 356. The van der Waals surface area contributed by atoms with Gasteiger partial charge in [0.1, 0.15) is 0 Å². The number of rotatable bonds is 4. The molecule has 0 spiro atoms. The summed E-state index contributed by atoms with van der Waals surface area (Å²) in [6.07, 6.45) is 5.50. The molecule has 3 rings (SSSR count). The van der Waals surface area contributed by atoms with Crippen molar-refractivity contribution in [2.45, 2.75) is 37.6 Å². The summed E-state index contributed by atoms with van der Waals surface area (Å²) < 4.78 is 0. The minimum atomic E-state index is 0.767. The minimum Gasteiger partial charge on any atom is -0.314 e. The van der Waals surface area contributed by atoms with E-state index in [4.69, 9.17) is 11.6 Å². The zero-order valence-corrected chi connectivity index (χ0v) is 10.2. The molecule has 0 radical (unpaired) electrons. The second-order valence-electron chi connectivity index (χ2n) is 5.18. The summed E-state index contributed by atoms with van der Waals surface area (Å²) in [6, 6.07) is 9.25. The molecule has 0 saturated heterocycles. The van der Waals surface area contributed by atoms with E-state index in [0.717, 1.165) is 22.9 Å². The molecule has 2 aliphatic rings. The molecule has 0 bridgehead atoms. The Morgan fingerprint density at radius 2 is 1.81 bits per heavy atom. The summed E-state index contributed by atoms with van der Waals surface area (Å²) >= 11 is 5.91. The van der Waals surface area contributed by atoms with E-state index < -0.39 is 0 Å². The van der Waals surface area contributed by atoms with Crippen LogP contribution in [0.4, 0.5) is 0 Å². The van der Waals surface area contributed by atoms with Crippen molar-refractivity contribution in [3.63, 3.8) is 0 Å². The predicted octanol–water partition coefficient (Wildman–Crippen LogP) is 3.59. The third-order valence-corrected chi connectivity index (χ3v) is 4.21. The van der Waals surface area contributed by atoms with Crippen LogP contribution in [-0.4, -0.2) is 12.6 Å². The zero-order chi connectivity index (χ0) is 11.0. The fourth-order valence-electron chi connectivity index (χ4n) is 2.57. The van der Waals surface area contributed by atoms with E-state index in [1.54, 1.807) is 0 Å². The summed E-state index contributed by atoms with van der Waals surface area (Å²) in [6.45, 7) is 1.21. The lowest BCUT2D eigenvalue weighted by Gasteiger charge is -2.37. The highest BCUT2D eigenvalue weighted by Crippen LogP contribution is 2.42. The highest BCUT2D eigenvalue weighted by molar-refractivity contribution is 6.30. The minimum absolute atomic E-state index is 0.767. The van der Waals surface area contributed by atoms with E-state index in [0.29, 0.717) is 0 Å². The summed E-state index contributed by atoms with van der Waals surface area (Å²) in [4.78, 5) is 0. The number of nitrogens with one attached hydrogen (secondary N) is 1. The lowest BCUT2D eigenvalue weighted by atomic mass is 9.70. The number of hydrogen-bond acceptors (Lipinski definition) is 1. The van der Waals surface area contributed by atoms with Crippen molar-refractivity contribution >= 4 is 11.6 Å². The van der Waals surface area contributed by atoms with Gasteiger partial charge in [-0.15, -0.1) is 0 Å². The molecule has 2 heteroatoms. The first-order valence-electron chi connectivity index (χ1n) is 6.32. The molecule has 86 valence electrons. The first kappa shape index (κ1) is 10.6. The molecular formula is C14H18ClN. The van der Waals surface area contributed by atoms with Crippen molar-refractivity contribution in [3.8, 4) is 0 Å². The second-order valence-corrected chi connectivity index (χ2v) is 5.61. The standard InChI is InChI=1S/C14H18ClN/c15-12-4-1-10(2-5-12)14-8-3-11(14)9-16-13-6-7-13/h1-2,4-5,11,13-14,16H,3,6-9H2. The summed E-state index contributed by atoms with van der Waals surface area (Å²) in [5.41, 5.74) is 1.47. The van der Waals surface area contributed by atoms with Gasteiger partial charge in [0.2, 0.25) is 0 Å². The van der Waals surface area contributed by atoms with E-state index >= 15 is 0 Å². The average Bonchev–Trinajstić information content (AvgIpc) is 3.04. The average molecular weight is 236 g/mol. The Labute approximate surface area is 102 Å². The summed E-state index contributed by atoms with van der Waals surface area (Å²) in [5.74, 6) is 1.62. The third-order valence-electron chi connectivity index (χ3n) is 3.96. The van der Waals surface area contributed by atoms with Crippen molar-refractivity contribution < 1.29 is 0 Å². The maximum Gasteiger partial charge on any atom is 0.0406 e. The lowest BCUT2D eigenvalue weighted by Crippen LogP contribution is -2.34. The van der Waals surface area contributed by atoms with Crippen LogP contribution in [0, 0.1) is 5.92 Å². The van der Waals surface area contributed by atoms with Crippen LogP contribution in [0.3, 0.4) is 0 Å². The summed E-state index contributed by atoms with van der Waals surface area (Å²) in [5, 5.41) is 4.49. The molecule has 2 unspecified atom stereocenters. The van der Waals surface area contributed by atoms with Gasteiger partial charge in [-0.3, -0.25) is 0 Å². The molecule has 0 amide bonds. The van der Waals surface area contributed by atoms with Crippen LogP contribution < -0.4 is 5.32 Å². The fraction of sp³-hybridized carbons (Fsp3) is 0.571. The normalized spacial score (nSPS) is 28.8. The molecule has 1 aromatic rings. The van der Waals surface area contributed by atoms with Gasteiger partial charge in [-0.05, 0) is 61.8 Å². The molecule has 0 aromatic heterocycles. The molecule has 1 nitrogen and oxygen atoms in total. The lowest BCUT2D eigenvalue weighted by molar-refractivity contribution is 0.245. The van der Waals surface area contributed by atoms with Crippen molar-refractivity contribution in [2.75, 3.05) is 6.54 Å². The maximum absolute atomic E-state index is 5.91. The quantitative estimate of drug-likeness (QED) is 0.841. The molecule has 0 heterocycles.